The average Bonchev–Trinajstić information content (AvgIpc) is 2.47. The van der Waals surface area contributed by atoms with Gasteiger partial charge in [0.05, 0.1) is 13.5 Å². The predicted molar refractivity (Wildman–Crippen MR) is 75.4 cm³/mol. The summed E-state index contributed by atoms with van der Waals surface area (Å²) in [5.74, 6) is -0.768. The molecule has 116 valence electrons. The molecule has 0 N–H and O–H groups in total. The molecule has 0 fully saturated rings. The van der Waals surface area contributed by atoms with Crippen molar-refractivity contribution in [3.8, 4) is 5.75 Å². The Balaban J connectivity index is 2.60. The van der Waals surface area contributed by atoms with Crippen LogP contribution in [0.25, 0.3) is 0 Å². The second-order valence-corrected chi connectivity index (χ2v) is 4.46. The lowest BCUT2D eigenvalue weighted by molar-refractivity contribution is -0.143. The first-order valence-electron chi connectivity index (χ1n) is 6.75. The van der Waals surface area contributed by atoms with Crippen LogP contribution < -0.4 is 4.74 Å². The SMILES string of the molecule is CCN(CCC(=O)OC)C(=O)C(C)Oc1cccc(F)c1. The Kier molecular flexibility index (Phi) is 6.65. The lowest BCUT2D eigenvalue weighted by Gasteiger charge is -2.24. The van der Waals surface area contributed by atoms with E-state index in [1.807, 2.05) is 6.92 Å². The Labute approximate surface area is 123 Å². The predicted octanol–water partition coefficient (Wildman–Crippen LogP) is 2.00. The van der Waals surface area contributed by atoms with Crippen LogP contribution in [0.15, 0.2) is 24.3 Å². The Hall–Kier alpha value is -2.11. The summed E-state index contributed by atoms with van der Waals surface area (Å²) in [7, 11) is 1.30. The molecule has 1 amide bonds. The zero-order chi connectivity index (χ0) is 15.8. The number of carbonyl (C=O) groups excluding carboxylic acids is 2. The lowest BCUT2D eigenvalue weighted by atomic mass is 10.3. The Morgan fingerprint density at radius 1 is 1.38 bits per heavy atom. The van der Waals surface area contributed by atoms with Gasteiger partial charge in [-0.3, -0.25) is 9.59 Å². The summed E-state index contributed by atoms with van der Waals surface area (Å²) in [5.41, 5.74) is 0. The number of hydrogen-bond donors (Lipinski definition) is 0. The summed E-state index contributed by atoms with van der Waals surface area (Å²) in [5, 5.41) is 0. The molecule has 0 radical (unpaired) electrons. The van der Waals surface area contributed by atoms with E-state index in [0.29, 0.717) is 12.3 Å². The molecule has 0 aromatic heterocycles. The van der Waals surface area contributed by atoms with Crippen molar-refractivity contribution in [2.75, 3.05) is 20.2 Å². The summed E-state index contributed by atoms with van der Waals surface area (Å²) in [6.45, 7) is 4.11. The van der Waals surface area contributed by atoms with Crippen LogP contribution in [0.3, 0.4) is 0 Å². The van der Waals surface area contributed by atoms with E-state index in [2.05, 4.69) is 4.74 Å². The Morgan fingerprint density at radius 3 is 2.67 bits per heavy atom. The van der Waals surface area contributed by atoms with Crippen molar-refractivity contribution in [1.29, 1.82) is 0 Å². The Morgan fingerprint density at radius 2 is 2.10 bits per heavy atom. The molecule has 1 atom stereocenters. The maximum atomic E-state index is 13.1. The number of methoxy groups -OCH3 is 1. The number of carbonyl (C=O) groups is 2. The average molecular weight is 297 g/mol. The van der Waals surface area contributed by atoms with Crippen LogP contribution in [-0.2, 0) is 14.3 Å². The van der Waals surface area contributed by atoms with Gasteiger partial charge < -0.3 is 14.4 Å². The van der Waals surface area contributed by atoms with Gasteiger partial charge in [-0.25, -0.2) is 4.39 Å². The molecule has 0 saturated carbocycles. The van der Waals surface area contributed by atoms with E-state index in [0.717, 1.165) is 0 Å². The monoisotopic (exact) mass is 297 g/mol. The topological polar surface area (TPSA) is 55.8 Å². The summed E-state index contributed by atoms with van der Waals surface area (Å²) in [6, 6.07) is 5.61. The number of likely N-dealkylation sites (N-methyl/N-ethyl adjacent to an activating group) is 1. The van der Waals surface area contributed by atoms with Crippen LogP contribution in [-0.4, -0.2) is 43.1 Å². The second kappa shape index (κ2) is 8.24. The van der Waals surface area contributed by atoms with Crippen molar-refractivity contribution in [3.63, 3.8) is 0 Å². The highest BCUT2D eigenvalue weighted by Crippen LogP contribution is 2.14. The largest absolute Gasteiger partial charge is 0.481 e. The van der Waals surface area contributed by atoms with Crippen LogP contribution in [0, 0.1) is 5.82 Å². The van der Waals surface area contributed by atoms with Gasteiger partial charge in [-0.1, -0.05) is 6.07 Å². The van der Waals surface area contributed by atoms with Gasteiger partial charge in [-0.15, -0.1) is 0 Å². The van der Waals surface area contributed by atoms with Gasteiger partial charge in [0.1, 0.15) is 11.6 Å². The van der Waals surface area contributed by atoms with Gasteiger partial charge in [0.25, 0.3) is 5.91 Å². The molecule has 0 spiro atoms. The van der Waals surface area contributed by atoms with Crippen molar-refractivity contribution >= 4 is 11.9 Å². The molecule has 0 saturated heterocycles. The van der Waals surface area contributed by atoms with Gasteiger partial charge in [0, 0.05) is 19.2 Å². The molecule has 1 aromatic carbocycles. The molecule has 1 rings (SSSR count). The minimum absolute atomic E-state index is 0.128. The number of nitrogens with zero attached hydrogens (tertiary/aromatic N) is 1. The van der Waals surface area contributed by atoms with Crippen LogP contribution in [0.4, 0.5) is 4.39 Å². The quantitative estimate of drug-likeness (QED) is 0.722. The second-order valence-electron chi connectivity index (χ2n) is 4.46. The zero-order valence-corrected chi connectivity index (χ0v) is 12.5. The van der Waals surface area contributed by atoms with Crippen molar-refractivity contribution in [1.82, 2.24) is 4.90 Å². The maximum Gasteiger partial charge on any atom is 0.307 e. The van der Waals surface area contributed by atoms with Crippen molar-refractivity contribution in [3.05, 3.63) is 30.1 Å². The van der Waals surface area contributed by atoms with E-state index >= 15 is 0 Å². The number of halogens is 1. The van der Waals surface area contributed by atoms with Crippen LogP contribution in [0.1, 0.15) is 20.3 Å². The van der Waals surface area contributed by atoms with E-state index < -0.39 is 11.9 Å². The highest BCUT2D eigenvalue weighted by Gasteiger charge is 2.21. The number of ether oxygens (including phenoxy) is 2. The third-order valence-corrected chi connectivity index (χ3v) is 2.96. The smallest absolute Gasteiger partial charge is 0.307 e. The third kappa shape index (κ3) is 5.41. The standard InChI is InChI=1S/C15H20FNO4/c1-4-17(9-8-14(18)20-3)15(19)11(2)21-13-7-5-6-12(16)10-13/h5-7,10-11H,4,8-9H2,1-3H3. The first kappa shape index (κ1) is 16.9. The van der Waals surface area contributed by atoms with Crippen LogP contribution >= 0.6 is 0 Å². The molecule has 0 aliphatic carbocycles. The fourth-order valence-electron chi connectivity index (χ4n) is 1.80. The fourth-order valence-corrected chi connectivity index (χ4v) is 1.80. The number of rotatable bonds is 7. The number of esters is 1. The van der Waals surface area contributed by atoms with Gasteiger partial charge >= 0.3 is 5.97 Å². The molecule has 6 heteroatoms. The van der Waals surface area contributed by atoms with E-state index in [4.69, 9.17) is 4.74 Å². The molecule has 21 heavy (non-hydrogen) atoms. The first-order valence-corrected chi connectivity index (χ1v) is 6.75. The van der Waals surface area contributed by atoms with Crippen LogP contribution in [0.5, 0.6) is 5.75 Å². The fraction of sp³-hybridized carbons (Fsp3) is 0.467. The zero-order valence-electron chi connectivity index (χ0n) is 12.5. The van der Waals surface area contributed by atoms with Crippen molar-refractivity contribution < 1.29 is 23.5 Å². The van der Waals surface area contributed by atoms with Crippen molar-refractivity contribution in [2.24, 2.45) is 0 Å². The molecular weight excluding hydrogens is 277 g/mol. The summed E-state index contributed by atoms with van der Waals surface area (Å²) in [4.78, 5) is 24.8. The summed E-state index contributed by atoms with van der Waals surface area (Å²) < 4.78 is 23.0. The highest BCUT2D eigenvalue weighted by atomic mass is 19.1. The molecule has 1 aromatic rings. The van der Waals surface area contributed by atoms with E-state index in [1.165, 1.54) is 30.2 Å². The van der Waals surface area contributed by atoms with Gasteiger partial charge in [0.2, 0.25) is 0 Å². The minimum Gasteiger partial charge on any atom is -0.481 e. The third-order valence-electron chi connectivity index (χ3n) is 2.96. The molecular formula is C15H20FNO4. The number of amides is 1. The molecule has 1 unspecified atom stereocenters. The van der Waals surface area contributed by atoms with Gasteiger partial charge in [0.15, 0.2) is 6.10 Å². The number of benzene rings is 1. The van der Waals surface area contributed by atoms with E-state index in [-0.39, 0.29) is 24.8 Å². The van der Waals surface area contributed by atoms with E-state index in [1.54, 1.807) is 13.0 Å². The highest BCUT2D eigenvalue weighted by molar-refractivity contribution is 5.81. The minimum atomic E-state index is -0.760. The van der Waals surface area contributed by atoms with Gasteiger partial charge in [-0.2, -0.15) is 0 Å². The normalized spacial score (nSPS) is 11.6. The lowest BCUT2D eigenvalue weighted by Crippen LogP contribution is -2.41. The summed E-state index contributed by atoms with van der Waals surface area (Å²) >= 11 is 0. The molecule has 0 aliphatic heterocycles. The number of hydrogen-bond acceptors (Lipinski definition) is 4. The summed E-state index contributed by atoms with van der Waals surface area (Å²) in [6.07, 6.45) is -0.632. The molecule has 5 nitrogen and oxygen atoms in total. The van der Waals surface area contributed by atoms with E-state index in [9.17, 15) is 14.0 Å². The van der Waals surface area contributed by atoms with Crippen LogP contribution in [0.2, 0.25) is 0 Å². The first-order chi connectivity index (χ1) is 9.97. The van der Waals surface area contributed by atoms with Crippen molar-refractivity contribution in [2.45, 2.75) is 26.4 Å². The Bertz CT molecular complexity index is 492. The molecule has 0 bridgehead atoms. The van der Waals surface area contributed by atoms with Gasteiger partial charge in [-0.05, 0) is 26.0 Å². The molecule has 0 heterocycles. The molecule has 0 aliphatic rings. The maximum absolute atomic E-state index is 13.1.